The summed E-state index contributed by atoms with van der Waals surface area (Å²) in [5.41, 5.74) is 8.22. The number of fused-ring (bicyclic) bond motifs is 2. The van der Waals surface area contributed by atoms with Crippen molar-refractivity contribution in [3.05, 3.63) is 81.3 Å². The lowest BCUT2D eigenvalue weighted by Crippen LogP contribution is -1.90. The van der Waals surface area contributed by atoms with E-state index in [0.717, 1.165) is 12.8 Å². The van der Waals surface area contributed by atoms with Crippen LogP contribution in [-0.4, -0.2) is 0 Å². The molecular formula is C26H26S. The normalized spacial score (nSPS) is 13.9. The predicted molar refractivity (Wildman–Crippen MR) is 123 cm³/mol. The number of rotatable bonds is 3. The summed E-state index contributed by atoms with van der Waals surface area (Å²) in [4.78, 5) is 2.74. The number of benzene rings is 2. The minimum Gasteiger partial charge on any atom is -0.136 e. The van der Waals surface area contributed by atoms with Crippen molar-refractivity contribution in [2.45, 2.75) is 40.5 Å². The number of aryl methyl sites for hydroxylation is 2. The van der Waals surface area contributed by atoms with Gasteiger partial charge in [-0.25, -0.2) is 0 Å². The van der Waals surface area contributed by atoms with Gasteiger partial charge in [-0.2, -0.15) is 0 Å². The molecule has 0 atom stereocenters. The van der Waals surface area contributed by atoms with E-state index in [1.165, 1.54) is 53.9 Å². The molecule has 0 unspecified atom stereocenters. The number of hydrogen-bond donors (Lipinski definition) is 0. The van der Waals surface area contributed by atoms with Gasteiger partial charge in [-0.1, -0.05) is 55.0 Å². The highest BCUT2D eigenvalue weighted by Crippen LogP contribution is 2.37. The first-order valence-electron chi connectivity index (χ1n) is 9.75. The number of allylic oxidation sites excluding steroid dienone is 4. The van der Waals surface area contributed by atoms with E-state index in [9.17, 15) is 0 Å². The standard InChI is InChI=1S/C26H26S/c1-5-6-7-25-18(3)14-26(27-25)23-13-12-22-15-20-10-8-17(2)9-11-21(20)16-24(22)19(23)4/h6-9,11-16H,5,10H2,1-4H3/b7-6-. The lowest BCUT2D eigenvalue weighted by atomic mass is 9.93. The van der Waals surface area contributed by atoms with Crippen molar-refractivity contribution < 1.29 is 0 Å². The monoisotopic (exact) mass is 370 g/mol. The first-order valence-corrected chi connectivity index (χ1v) is 10.6. The van der Waals surface area contributed by atoms with E-state index in [4.69, 9.17) is 0 Å². The molecule has 1 aliphatic carbocycles. The molecule has 4 rings (SSSR count). The minimum atomic E-state index is 1.02. The van der Waals surface area contributed by atoms with Crippen LogP contribution in [0.2, 0.25) is 0 Å². The Morgan fingerprint density at radius 3 is 2.70 bits per heavy atom. The first-order chi connectivity index (χ1) is 13.1. The van der Waals surface area contributed by atoms with Gasteiger partial charge in [0.2, 0.25) is 0 Å². The van der Waals surface area contributed by atoms with E-state index in [1.807, 2.05) is 11.3 Å². The molecular weight excluding hydrogens is 344 g/mol. The first kappa shape index (κ1) is 18.0. The van der Waals surface area contributed by atoms with Gasteiger partial charge < -0.3 is 0 Å². The molecule has 3 aromatic rings. The predicted octanol–water partition coefficient (Wildman–Crippen LogP) is 8.12. The smallest absolute Gasteiger partial charge is 0.0354 e. The molecule has 0 N–H and O–H groups in total. The summed E-state index contributed by atoms with van der Waals surface area (Å²) in [6.07, 6.45) is 13.4. The molecule has 0 fully saturated rings. The van der Waals surface area contributed by atoms with Crippen molar-refractivity contribution in [1.82, 2.24) is 0 Å². The summed E-state index contributed by atoms with van der Waals surface area (Å²) in [7, 11) is 0. The quantitative estimate of drug-likeness (QED) is 0.436. The highest BCUT2D eigenvalue weighted by atomic mass is 32.1. The lowest BCUT2D eigenvalue weighted by molar-refractivity contribution is 1.23. The zero-order valence-corrected chi connectivity index (χ0v) is 17.4. The molecule has 1 heteroatoms. The van der Waals surface area contributed by atoms with Gasteiger partial charge in [-0.05, 0) is 90.4 Å². The lowest BCUT2D eigenvalue weighted by Gasteiger charge is -2.12. The maximum absolute atomic E-state index is 2.38. The van der Waals surface area contributed by atoms with Crippen molar-refractivity contribution in [1.29, 1.82) is 0 Å². The molecule has 1 heterocycles. The van der Waals surface area contributed by atoms with E-state index in [1.54, 1.807) is 0 Å². The fourth-order valence-electron chi connectivity index (χ4n) is 3.76. The molecule has 1 aromatic heterocycles. The van der Waals surface area contributed by atoms with Crippen molar-refractivity contribution in [3.63, 3.8) is 0 Å². The molecule has 1 aliphatic rings. The number of hydrogen-bond acceptors (Lipinski definition) is 1. The molecule has 0 saturated carbocycles. The van der Waals surface area contributed by atoms with Crippen molar-refractivity contribution >= 4 is 34.3 Å². The summed E-state index contributed by atoms with van der Waals surface area (Å²) >= 11 is 1.90. The average Bonchev–Trinajstić information content (AvgIpc) is 2.92. The van der Waals surface area contributed by atoms with Crippen molar-refractivity contribution in [3.8, 4) is 10.4 Å². The van der Waals surface area contributed by atoms with Crippen molar-refractivity contribution in [2.75, 3.05) is 0 Å². The Hall–Kier alpha value is -2.38. The summed E-state index contributed by atoms with van der Waals surface area (Å²) in [6.45, 7) is 8.84. The van der Waals surface area contributed by atoms with Crippen LogP contribution in [0.4, 0.5) is 0 Å². The largest absolute Gasteiger partial charge is 0.136 e. The van der Waals surface area contributed by atoms with Crippen LogP contribution in [0.15, 0.2) is 54.1 Å². The van der Waals surface area contributed by atoms with Crippen LogP contribution in [0.1, 0.15) is 47.4 Å². The van der Waals surface area contributed by atoms with Crippen LogP contribution < -0.4 is 0 Å². The molecule has 0 radical (unpaired) electrons. The summed E-state index contributed by atoms with van der Waals surface area (Å²) < 4.78 is 0. The molecule has 0 bridgehead atoms. The van der Waals surface area contributed by atoms with Gasteiger partial charge in [0, 0.05) is 9.75 Å². The molecule has 0 amide bonds. The van der Waals surface area contributed by atoms with Crippen LogP contribution in [0.5, 0.6) is 0 Å². The van der Waals surface area contributed by atoms with Gasteiger partial charge in [0.1, 0.15) is 0 Å². The third kappa shape index (κ3) is 3.44. The fraction of sp³-hybridized carbons (Fsp3) is 0.231. The summed E-state index contributed by atoms with van der Waals surface area (Å²) in [5, 5.41) is 2.71. The SMILES string of the molecule is CC/C=C\c1sc(-c2ccc3cc4c(cc3c2C)C=CC(C)=CC4)cc1C. The molecule has 2 aromatic carbocycles. The number of thiophene rings is 1. The maximum atomic E-state index is 2.38. The Balaban J connectivity index is 1.84. The molecule has 0 nitrogen and oxygen atoms in total. The van der Waals surface area contributed by atoms with E-state index < -0.39 is 0 Å². The molecule has 136 valence electrons. The highest BCUT2D eigenvalue weighted by Gasteiger charge is 2.12. The van der Waals surface area contributed by atoms with Gasteiger partial charge >= 0.3 is 0 Å². The Morgan fingerprint density at radius 1 is 1.04 bits per heavy atom. The van der Waals surface area contributed by atoms with Crippen molar-refractivity contribution in [2.24, 2.45) is 0 Å². The molecule has 0 saturated heterocycles. The van der Waals surface area contributed by atoms with Crippen LogP contribution >= 0.6 is 11.3 Å². The van der Waals surface area contributed by atoms with Gasteiger partial charge in [-0.15, -0.1) is 11.3 Å². The third-order valence-electron chi connectivity index (χ3n) is 5.45. The second-order valence-corrected chi connectivity index (χ2v) is 8.55. The Bertz CT molecular complexity index is 1100. The van der Waals surface area contributed by atoms with Crippen LogP contribution in [0.25, 0.3) is 33.4 Å². The van der Waals surface area contributed by atoms with Crippen LogP contribution in [0.3, 0.4) is 0 Å². The minimum absolute atomic E-state index is 1.02. The molecule has 0 spiro atoms. The molecule has 27 heavy (non-hydrogen) atoms. The Morgan fingerprint density at radius 2 is 1.89 bits per heavy atom. The second-order valence-electron chi connectivity index (χ2n) is 7.46. The average molecular weight is 371 g/mol. The fourth-order valence-corrected chi connectivity index (χ4v) is 4.95. The zero-order valence-electron chi connectivity index (χ0n) is 16.6. The van der Waals surface area contributed by atoms with Crippen LogP contribution in [-0.2, 0) is 6.42 Å². The second kappa shape index (κ2) is 7.32. The van der Waals surface area contributed by atoms with Gasteiger partial charge in [-0.3, -0.25) is 0 Å². The Labute approximate surface area is 166 Å². The molecule has 0 aliphatic heterocycles. The van der Waals surface area contributed by atoms with Crippen LogP contribution in [0, 0.1) is 13.8 Å². The summed E-state index contributed by atoms with van der Waals surface area (Å²) in [6, 6.07) is 11.7. The van der Waals surface area contributed by atoms with Gasteiger partial charge in [0.05, 0.1) is 0 Å². The Kier molecular flexibility index (Phi) is 4.88. The van der Waals surface area contributed by atoms with Gasteiger partial charge in [0.25, 0.3) is 0 Å². The zero-order chi connectivity index (χ0) is 19.0. The topological polar surface area (TPSA) is 0 Å². The van der Waals surface area contributed by atoms with E-state index in [-0.39, 0.29) is 0 Å². The van der Waals surface area contributed by atoms with E-state index in [2.05, 4.69) is 88.4 Å². The maximum Gasteiger partial charge on any atom is 0.0354 e. The van der Waals surface area contributed by atoms with E-state index in [0.29, 0.717) is 0 Å². The van der Waals surface area contributed by atoms with E-state index >= 15 is 0 Å². The third-order valence-corrected chi connectivity index (χ3v) is 6.68. The summed E-state index contributed by atoms with van der Waals surface area (Å²) in [5.74, 6) is 0. The highest BCUT2D eigenvalue weighted by molar-refractivity contribution is 7.16. The van der Waals surface area contributed by atoms with Gasteiger partial charge in [0.15, 0.2) is 0 Å².